The van der Waals surface area contributed by atoms with Crippen LogP contribution in [0.2, 0.25) is 0 Å². The second-order valence-corrected chi connectivity index (χ2v) is 5.23. The molecular weight excluding hydrogens is 355 g/mol. The van der Waals surface area contributed by atoms with Crippen molar-refractivity contribution in [1.29, 1.82) is 0 Å². The van der Waals surface area contributed by atoms with E-state index in [0.29, 0.717) is 13.2 Å². The fourth-order valence-corrected chi connectivity index (χ4v) is 1.33. The van der Waals surface area contributed by atoms with Crippen molar-refractivity contribution in [2.45, 2.75) is 66.2 Å². The fourth-order valence-electron chi connectivity index (χ4n) is 1.33. The van der Waals surface area contributed by atoms with E-state index >= 15 is 0 Å². The zero-order valence-corrected chi connectivity index (χ0v) is 16.5. The SMILES string of the molecule is CC(C)CCCCO.CC(C)CCCCO.[OH-].[OH-].[OH-].[OH-].[Zr+4]. The maximum absolute atomic E-state index is 8.38. The van der Waals surface area contributed by atoms with Crippen molar-refractivity contribution in [3.05, 3.63) is 0 Å². The topological polar surface area (TPSA) is 160 Å². The molecule has 0 heterocycles. The molecule has 0 aromatic carbocycles. The molecule has 0 unspecified atom stereocenters. The largest absolute Gasteiger partial charge is 4.00 e. The number of aliphatic hydroxyl groups excluding tert-OH is 2. The molecule has 0 aromatic rings. The van der Waals surface area contributed by atoms with Crippen molar-refractivity contribution in [2.24, 2.45) is 11.8 Å². The molecule has 0 bridgehead atoms. The Morgan fingerprint density at radius 1 is 0.571 bits per heavy atom. The van der Waals surface area contributed by atoms with Gasteiger partial charge in [-0.15, -0.1) is 0 Å². The van der Waals surface area contributed by atoms with Crippen LogP contribution >= 0.6 is 0 Å². The summed E-state index contributed by atoms with van der Waals surface area (Å²) < 4.78 is 0. The van der Waals surface area contributed by atoms with E-state index in [1.165, 1.54) is 25.7 Å². The molecule has 0 aliphatic rings. The minimum absolute atomic E-state index is 0. The summed E-state index contributed by atoms with van der Waals surface area (Å²) in [7, 11) is 0. The summed E-state index contributed by atoms with van der Waals surface area (Å²) >= 11 is 0. The molecule has 0 aliphatic carbocycles. The predicted octanol–water partition coefficient (Wildman–Crippen LogP) is 2.90. The summed E-state index contributed by atoms with van der Waals surface area (Å²) in [6.07, 6.45) is 6.79. The van der Waals surface area contributed by atoms with Gasteiger partial charge in [0.1, 0.15) is 0 Å². The number of hydrogen-bond donors (Lipinski definition) is 2. The first-order chi connectivity index (χ1) is 7.54. The Balaban J connectivity index is -0.0000000302. The zero-order valence-electron chi connectivity index (χ0n) is 14.0. The summed E-state index contributed by atoms with van der Waals surface area (Å²) in [5.74, 6) is 1.59. The Morgan fingerprint density at radius 2 is 0.810 bits per heavy atom. The first kappa shape index (κ1) is 43.0. The third-order valence-corrected chi connectivity index (χ3v) is 2.38. The normalized spacial score (nSPS) is 8.00. The van der Waals surface area contributed by atoms with Crippen LogP contribution in [-0.4, -0.2) is 45.3 Å². The van der Waals surface area contributed by atoms with E-state index in [4.69, 9.17) is 10.2 Å². The predicted molar refractivity (Wildman–Crippen MR) is 79.3 cm³/mol. The van der Waals surface area contributed by atoms with Gasteiger partial charge in [0, 0.05) is 13.2 Å². The van der Waals surface area contributed by atoms with E-state index in [2.05, 4.69) is 27.7 Å². The third-order valence-electron chi connectivity index (χ3n) is 2.38. The summed E-state index contributed by atoms with van der Waals surface area (Å²) in [6.45, 7) is 9.53. The molecule has 0 aromatic heterocycles. The fraction of sp³-hybridized carbons (Fsp3) is 1.00. The molecular formula is C14H36O6Zr. The van der Waals surface area contributed by atoms with Crippen molar-refractivity contribution in [3.63, 3.8) is 0 Å². The molecule has 0 fully saturated rings. The van der Waals surface area contributed by atoms with Crippen molar-refractivity contribution in [3.8, 4) is 0 Å². The van der Waals surface area contributed by atoms with E-state index in [9.17, 15) is 0 Å². The molecule has 0 saturated heterocycles. The molecule has 6 N–H and O–H groups in total. The Kier molecular flexibility index (Phi) is 76.1. The van der Waals surface area contributed by atoms with E-state index in [0.717, 1.165) is 24.7 Å². The number of aliphatic hydroxyl groups is 2. The number of rotatable bonds is 8. The summed E-state index contributed by atoms with van der Waals surface area (Å²) in [4.78, 5) is 0. The third kappa shape index (κ3) is 63.3. The molecule has 0 atom stereocenters. The second-order valence-electron chi connectivity index (χ2n) is 5.23. The van der Waals surface area contributed by atoms with E-state index < -0.39 is 0 Å². The van der Waals surface area contributed by atoms with E-state index in [-0.39, 0.29) is 48.1 Å². The average Bonchev–Trinajstić information content (AvgIpc) is 2.18. The van der Waals surface area contributed by atoms with Gasteiger partial charge in [0.15, 0.2) is 0 Å². The van der Waals surface area contributed by atoms with Crippen LogP contribution in [0.3, 0.4) is 0 Å². The Bertz CT molecular complexity index is 112. The van der Waals surface area contributed by atoms with Gasteiger partial charge in [0.25, 0.3) is 0 Å². The molecule has 0 aliphatic heterocycles. The average molecular weight is 392 g/mol. The van der Waals surface area contributed by atoms with Gasteiger partial charge < -0.3 is 32.1 Å². The van der Waals surface area contributed by atoms with Crippen LogP contribution in [-0.2, 0) is 26.2 Å². The van der Waals surface area contributed by atoms with Gasteiger partial charge in [-0.25, -0.2) is 0 Å². The van der Waals surface area contributed by atoms with Crippen LogP contribution < -0.4 is 0 Å². The molecule has 0 rings (SSSR count). The summed E-state index contributed by atoms with van der Waals surface area (Å²) in [6, 6.07) is 0. The Morgan fingerprint density at radius 3 is 0.952 bits per heavy atom. The Hall–Kier alpha value is 0.643. The first-order valence-corrected chi connectivity index (χ1v) is 6.76. The number of hydrogen-bond acceptors (Lipinski definition) is 6. The maximum Gasteiger partial charge on any atom is 4.00 e. The van der Waals surface area contributed by atoms with Gasteiger partial charge in [-0.05, 0) is 24.7 Å². The quantitative estimate of drug-likeness (QED) is 0.604. The summed E-state index contributed by atoms with van der Waals surface area (Å²) in [5, 5.41) is 16.8. The molecule has 0 radical (unpaired) electrons. The van der Waals surface area contributed by atoms with Gasteiger partial charge in [-0.1, -0.05) is 53.4 Å². The van der Waals surface area contributed by atoms with Gasteiger partial charge in [-0.3, -0.25) is 0 Å². The Labute approximate surface area is 149 Å². The van der Waals surface area contributed by atoms with Crippen molar-refractivity contribution < 1.29 is 58.3 Å². The monoisotopic (exact) mass is 390 g/mol. The van der Waals surface area contributed by atoms with Crippen LogP contribution in [0.5, 0.6) is 0 Å². The maximum atomic E-state index is 8.38. The van der Waals surface area contributed by atoms with E-state index in [1.54, 1.807) is 0 Å². The van der Waals surface area contributed by atoms with Crippen LogP contribution in [0.15, 0.2) is 0 Å². The van der Waals surface area contributed by atoms with E-state index in [1.807, 2.05) is 0 Å². The van der Waals surface area contributed by atoms with Crippen LogP contribution in [0.1, 0.15) is 66.2 Å². The van der Waals surface area contributed by atoms with Crippen molar-refractivity contribution >= 4 is 0 Å². The minimum Gasteiger partial charge on any atom is -0.870 e. The second kappa shape index (κ2) is 37.1. The molecule has 0 amide bonds. The van der Waals surface area contributed by atoms with Crippen LogP contribution in [0.4, 0.5) is 0 Å². The van der Waals surface area contributed by atoms with Gasteiger partial charge >= 0.3 is 26.2 Å². The molecule has 6 nitrogen and oxygen atoms in total. The van der Waals surface area contributed by atoms with Gasteiger partial charge in [0.05, 0.1) is 0 Å². The minimum atomic E-state index is 0. The van der Waals surface area contributed by atoms with Crippen LogP contribution in [0.25, 0.3) is 0 Å². The molecule has 7 heteroatoms. The standard InChI is InChI=1S/2C7H16O.4H2O.Zr/c2*1-7(2)5-3-4-6-8;;;;;/h2*7-8H,3-6H2,1-2H3;4*1H2;/q;;;;;;+4/p-4. The first-order valence-electron chi connectivity index (χ1n) is 6.76. The van der Waals surface area contributed by atoms with Gasteiger partial charge in [-0.2, -0.15) is 0 Å². The zero-order chi connectivity index (χ0) is 12.8. The van der Waals surface area contributed by atoms with Crippen molar-refractivity contribution in [2.75, 3.05) is 13.2 Å². The number of unbranched alkanes of at least 4 members (excludes halogenated alkanes) is 2. The molecule has 132 valence electrons. The summed E-state index contributed by atoms with van der Waals surface area (Å²) in [5.41, 5.74) is 0. The van der Waals surface area contributed by atoms with Crippen molar-refractivity contribution in [1.82, 2.24) is 0 Å². The molecule has 0 spiro atoms. The molecule has 0 saturated carbocycles. The smallest absolute Gasteiger partial charge is 0.870 e. The molecule has 21 heavy (non-hydrogen) atoms. The van der Waals surface area contributed by atoms with Gasteiger partial charge in [0.2, 0.25) is 0 Å². The van der Waals surface area contributed by atoms with Crippen LogP contribution in [0, 0.1) is 11.8 Å².